The van der Waals surface area contributed by atoms with E-state index in [-0.39, 0.29) is 0 Å². The predicted molar refractivity (Wildman–Crippen MR) is 198 cm³/mol. The number of benzene rings is 9. The van der Waals surface area contributed by atoms with Gasteiger partial charge in [0.25, 0.3) is 0 Å². The van der Waals surface area contributed by atoms with Crippen LogP contribution < -0.4 is 0 Å². The van der Waals surface area contributed by atoms with Crippen molar-refractivity contribution in [3.8, 4) is 44.5 Å². The van der Waals surface area contributed by atoms with E-state index < -0.39 is 0 Å². The molecule has 9 aromatic rings. The van der Waals surface area contributed by atoms with Crippen molar-refractivity contribution in [3.63, 3.8) is 0 Å². The van der Waals surface area contributed by atoms with Crippen LogP contribution in [0.3, 0.4) is 0 Å². The monoisotopic (exact) mass is 582 g/mol. The molecule has 0 heterocycles. The lowest BCUT2D eigenvalue weighted by Crippen LogP contribution is -1.88. The van der Waals surface area contributed by atoms with Crippen molar-refractivity contribution in [1.29, 1.82) is 0 Å². The van der Waals surface area contributed by atoms with E-state index in [9.17, 15) is 0 Å². The highest BCUT2D eigenvalue weighted by atomic mass is 14.2. The van der Waals surface area contributed by atoms with Crippen LogP contribution in [0.4, 0.5) is 0 Å². The summed E-state index contributed by atoms with van der Waals surface area (Å²) < 4.78 is 0. The van der Waals surface area contributed by atoms with Crippen molar-refractivity contribution in [2.75, 3.05) is 0 Å². The molecule has 0 bridgehead atoms. The fourth-order valence-electron chi connectivity index (χ4n) is 7.26. The summed E-state index contributed by atoms with van der Waals surface area (Å²) in [6.45, 7) is 0. The average molecular weight is 583 g/mol. The molecule has 9 rings (SSSR count). The summed E-state index contributed by atoms with van der Waals surface area (Å²) in [5.41, 5.74) is 9.96. The third-order valence-corrected chi connectivity index (χ3v) is 9.47. The largest absolute Gasteiger partial charge is 0.0616 e. The third-order valence-electron chi connectivity index (χ3n) is 9.47. The second kappa shape index (κ2) is 10.9. The molecule has 0 heteroatoms. The zero-order chi connectivity index (χ0) is 30.5. The number of hydrogen-bond acceptors (Lipinski definition) is 0. The van der Waals surface area contributed by atoms with E-state index >= 15 is 0 Å². The lowest BCUT2D eigenvalue weighted by atomic mass is 9.89. The summed E-state index contributed by atoms with van der Waals surface area (Å²) in [6.07, 6.45) is 0. The zero-order valence-corrected chi connectivity index (χ0v) is 25.3. The fourth-order valence-corrected chi connectivity index (χ4v) is 7.26. The van der Waals surface area contributed by atoms with Gasteiger partial charge in [-0.05, 0) is 99.7 Å². The highest BCUT2D eigenvalue weighted by Crippen LogP contribution is 2.40. The molecule has 0 unspecified atom stereocenters. The van der Waals surface area contributed by atoms with Gasteiger partial charge in [0.05, 0.1) is 0 Å². The SMILES string of the molecule is c1cc(-c2cccc3ccccc23)cc(-c2ccc(-c3ccc(-c4cc5ccccc5c5ccccc45)cc3)c3ccccc23)c1. The molecule has 0 radical (unpaired) electrons. The molecule has 0 aliphatic carbocycles. The van der Waals surface area contributed by atoms with Gasteiger partial charge in [0, 0.05) is 0 Å². The topological polar surface area (TPSA) is 0 Å². The van der Waals surface area contributed by atoms with Crippen molar-refractivity contribution >= 4 is 43.1 Å². The molecule has 0 spiro atoms. The van der Waals surface area contributed by atoms with Crippen molar-refractivity contribution < 1.29 is 0 Å². The van der Waals surface area contributed by atoms with E-state index in [2.05, 4.69) is 182 Å². The van der Waals surface area contributed by atoms with Crippen molar-refractivity contribution in [3.05, 3.63) is 182 Å². The first-order chi connectivity index (χ1) is 22.8. The second-order valence-electron chi connectivity index (χ2n) is 12.1. The summed E-state index contributed by atoms with van der Waals surface area (Å²) in [5.74, 6) is 0. The highest BCUT2D eigenvalue weighted by molar-refractivity contribution is 6.14. The lowest BCUT2D eigenvalue weighted by Gasteiger charge is -2.15. The molecule has 0 aliphatic heterocycles. The Labute approximate surface area is 268 Å². The Kier molecular flexibility index (Phi) is 6.25. The minimum atomic E-state index is 1.22. The van der Waals surface area contributed by atoms with Crippen LogP contribution in [0.5, 0.6) is 0 Å². The Morgan fingerprint density at radius 3 is 1.30 bits per heavy atom. The molecule has 46 heavy (non-hydrogen) atoms. The lowest BCUT2D eigenvalue weighted by molar-refractivity contribution is 1.61. The van der Waals surface area contributed by atoms with Crippen LogP contribution in [0.2, 0.25) is 0 Å². The smallest absolute Gasteiger partial charge is 0.00990 e. The van der Waals surface area contributed by atoms with E-state index in [1.165, 1.54) is 87.6 Å². The Morgan fingerprint density at radius 1 is 0.196 bits per heavy atom. The molecule has 0 fully saturated rings. The Morgan fingerprint density at radius 2 is 0.630 bits per heavy atom. The van der Waals surface area contributed by atoms with E-state index in [1.54, 1.807) is 0 Å². The minimum Gasteiger partial charge on any atom is -0.0616 e. The number of fused-ring (bicyclic) bond motifs is 5. The number of rotatable bonds is 4. The van der Waals surface area contributed by atoms with Crippen LogP contribution in [0.25, 0.3) is 87.6 Å². The van der Waals surface area contributed by atoms with Gasteiger partial charge in [-0.3, -0.25) is 0 Å². The molecule has 0 amide bonds. The van der Waals surface area contributed by atoms with E-state index in [1.807, 2.05) is 0 Å². The zero-order valence-electron chi connectivity index (χ0n) is 25.3. The van der Waals surface area contributed by atoms with E-state index in [0.29, 0.717) is 0 Å². The van der Waals surface area contributed by atoms with Crippen LogP contribution in [0.1, 0.15) is 0 Å². The third kappa shape index (κ3) is 4.38. The van der Waals surface area contributed by atoms with Gasteiger partial charge in [-0.25, -0.2) is 0 Å². The molecule has 0 aromatic heterocycles. The van der Waals surface area contributed by atoms with Gasteiger partial charge in [-0.15, -0.1) is 0 Å². The normalized spacial score (nSPS) is 11.5. The summed E-state index contributed by atoms with van der Waals surface area (Å²) in [6, 6.07) is 66.5. The summed E-state index contributed by atoms with van der Waals surface area (Å²) >= 11 is 0. The van der Waals surface area contributed by atoms with Gasteiger partial charge in [0.2, 0.25) is 0 Å². The Balaban J connectivity index is 1.13. The first-order valence-corrected chi connectivity index (χ1v) is 15.9. The fraction of sp³-hybridized carbons (Fsp3) is 0. The second-order valence-corrected chi connectivity index (χ2v) is 12.1. The maximum atomic E-state index is 2.34. The van der Waals surface area contributed by atoms with Crippen molar-refractivity contribution in [1.82, 2.24) is 0 Å². The van der Waals surface area contributed by atoms with Crippen LogP contribution in [-0.2, 0) is 0 Å². The number of hydrogen-bond donors (Lipinski definition) is 0. The minimum absolute atomic E-state index is 1.22. The van der Waals surface area contributed by atoms with Gasteiger partial charge < -0.3 is 0 Å². The van der Waals surface area contributed by atoms with Gasteiger partial charge in [-0.1, -0.05) is 170 Å². The van der Waals surface area contributed by atoms with Gasteiger partial charge >= 0.3 is 0 Å². The standard InChI is InChI=1S/C46H30/c1-3-16-37-31(11-1)13-10-22-38(37)34-14-9-15-35(29-34)41-28-27-40(43-19-5-6-20-44(41)43)32-23-25-33(26-24-32)46-30-36-12-2-4-17-39(36)42-18-7-8-21-45(42)46/h1-30H. The summed E-state index contributed by atoms with van der Waals surface area (Å²) in [7, 11) is 0. The Bertz CT molecular complexity index is 2560. The summed E-state index contributed by atoms with van der Waals surface area (Å²) in [4.78, 5) is 0. The van der Waals surface area contributed by atoms with Crippen molar-refractivity contribution in [2.45, 2.75) is 0 Å². The van der Waals surface area contributed by atoms with Crippen LogP contribution in [-0.4, -0.2) is 0 Å². The van der Waals surface area contributed by atoms with Gasteiger partial charge in [-0.2, -0.15) is 0 Å². The van der Waals surface area contributed by atoms with Crippen molar-refractivity contribution in [2.24, 2.45) is 0 Å². The first-order valence-electron chi connectivity index (χ1n) is 15.9. The average Bonchev–Trinajstić information content (AvgIpc) is 3.14. The molecule has 0 nitrogen and oxygen atoms in total. The molecule has 0 aliphatic rings. The van der Waals surface area contributed by atoms with Gasteiger partial charge in [0.1, 0.15) is 0 Å². The maximum Gasteiger partial charge on any atom is -0.00990 e. The summed E-state index contributed by atoms with van der Waals surface area (Å²) in [5, 5.41) is 10.2. The molecule has 0 saturated carbocycles. The Hall–Kier alpha value is -5.98. The van der Waals surface area contributed by atoms with Crippen LogP contribution in [0.15, 0.2) is 182 Å². The highest BCUT2D eigenvalue weighted by Gasteiger charge is 2.13. The first kappa shape index (κ1) is 26.4. The van der Waals surface area contributed by atoms with Gasteiger partial charge in [0.15, 0.2) is 0 Å². The molecule has 0 atom stereocenters. The van der Waals surface area contributed by atoms with E-state index in [0.717, 1.165) is 0 Å². The molecule has 0 N–H and O–H groups in total. The molecular weight excluding hydrogens is 553 g/mol. The van der Waals surface area contributed by atoms with E-state index in [4.69, 9.17) is 0 Å². The molecule has 9 aromatic carbocycles. The maximum absolute atomic E-state index is 2.34. The quantitative estimate of drug-likeness (QED) is 0.181. The molecule has 214 valence electrons. The van der Waals surface area contributed by atoms with Crippen LogP contribution >= 0.6 is 0 Å². The predicted octanol–water partition coefficient (Wildman–Crippen LogP) is 13.0. The molecular formula is C46H30. The van der Waals surface area contributed by atoms with Crippen LogP contribution in [0, 0.1) is 0 Å². The molecule has 0 saturated heterocycles.